The molecule has 2 aromatic rings. The number of benzene rings is 2. The summed E-state index contributed by atoms with van der Waals surface area (Å²) in [7, 11) is 1.53. The van der Waals surface area contributed by atoms with E-state index in [-0.39, 0.29) is 6.61 Å². The first kappa shape index (κ1) is 18.8. The molecule has 0 unspecified atom stereocenters. The van der Waals surface area contributed by atoms with Crippen molar-refractivity contribution in [1.82, 2.24) is 5.43 Å². The van der Waals surface area contributed by atoms with Crippen molar-refractivity contribution in [1.29, 1.82) is 0 Å². The van der Waals surface area contributed by atoms with Gasteiger partial charge in [0.25, 0.3) is 5.91 Å². The molecule has 0 aliphatic heterocycles. The summed E-state index contributed by atoms with van der Waals surface area (Å²) in [4.78, 5) is 11.8. The molecule has 0 saturated carbocycles. The fourth-order valence-corrected chi connectivity index (χ4v) is 3.15. The van der Waals surface area contributed by atoms with Gasteiger partial charge in [-0.15, -0.1) is 0 Å². The molecule has 0 heterocycles. The third-order valence-electron chi connectivity index (χ3n) is 2.81. The highest BCUT2D eigenvalue weighted by Gasteiger charge is 2.12. The molecular weight excluding hydrogens is 463 g/mol. The molecule has 0 aliphatic carbocycles. The topological polar surface area (TPSA) is 59.9 Å². The molecule has 2 rings (SSSR count). The second-order valence-corrected chi connectivity index (χ2v) is 6.76. The molecule has 8 heteroatoms. The molecule has 126 valence electrons. The number of rotatable bonds is 6. The molecular formula is C16H13Br2ClN2O3. The van der Waals surface area contributed by atoms with Crippen molar-refractivity contribution < 1.29 is 14.3 Å². The van der Waals surface area contributed by atoms with Crippen LogP contribution in [0.3, 0.4) is 0 Å². The first-order chi connectivity index (χ1) is 11.5. The number of carbonyl (C=O) groups is 1. The number of amides is 1. The average Bonchev–Trinajstić information content (AvgIpc) is 2.55. The van der Waals surface area contributed by atoms with Crippen molar-refractivity contribution in [3.63, 3.8) is 0 Å². The van der Waals surface area contributed by atoms with Gasteiger partial charge in [-0.2, -0.15) is 5.10 Å². The lowest BCUT2D eigenvalue weighted by molar-refractivity contribution is -0.123. The second-order valence-electron chi connectivity index (χ2n) is 4.55. The van der Waals surface area contributed by atoms with Crippen LogP contribution < -0.4 is 14.9 Å². The maximum absolute atomic E-state index is 11.8. The van der Waals surface area contributed by atoms with E-state index in [1.54, 1.807) is 36.4 Å². The van der Waals surface area contributed by atoms with Crippen LogP contribution in [-0.4, -0.2) is 25.8 Å². The number of hydrogen-bond acceptors (Lipinski definition) is 4. The van der Waals surface area contributed by atoms with Crippen LogP contribution in [0.1, 0.15) is 5.56 Å². The summed E-state index contributed by atoms with van der Waals surface area (Å²) in [5.41, 5.74) is 3.21. The molecule has 0 bridgehead atoms. The van der Waals surface area contributed by atoms with Gasteiger partial charge < -0.3 is 9.47 Å². The Morgan fingerprint density at radius 2 is 2.00 bits per heavy atom. The van der Waals surface area contributed by atoms with E-state index in [1.165, 1.54) is 13.3 Å². The van der Waals surface area contributed by atoms with E-state index in [9.17, 15) is 4.79 Å². The minimum Gasteiger partial charge on any atom is -0.493 e. The highest BCUT2D eigenvalue weighted by atomic mass is 79.9. The highest BCUT2D eigenvalue weighted by molar-refractivity contribution is 9.11. The third kappa shape index (κ3) is 5.51. The number of nitrogens with one attached hydrogen (secondary N) is 1. The van der Waals surface area contributed by atoms with E-state index in [4.69, 9.17) is 21.1 Å². The van der Waals surface area contributed by atoms with Crippen LogP contribution in [0, 0.1) is 0 Å². The molecule has 0 fully saturated rings. The maximum Gasteiger partial charge on any atom is 0.277 e. The van der Waals surface area contributed by atoms with Crippen molar-refractivity contribution in [3.05, 3.63) is 55.9 Å². The number of ether oxygens (including phenoxy) is 2. The Labute approximate surface area is 161 Å². The van der Waals surface area contributed by atoms with E-state index in [0.29, 0.717) is 21.0 Å². The Hall–Kier alpha value is -1.57. The molecule has 0 saturated heterocycles. The summed E-state index contributed by atoms with van der Waals surface area (Å²) in [6, 6.07) is 10.6. The third-order valence-corrected chi connectivity index (χ3v) is 4.11. The van der Waals surface area contributed by atoms with Crippen LogP contribution in [0.2, 0.25) is 5.02 Å². The summed E-state index contributed by atoms with van der Waals surface area (Å²) < 4.78 is 12.2. The van der Waals surface area contributed by atoms with E-state index >= 15 is 0 Å². The van der Waals surface area contributed by atoms with Crippen molar-refractivity contribution in [2.24, 2.45) is 5.10 Å². The largest absolute Gasteiger partial charge is 0.493 e. The van der Waals surface area contributed by atoms with Crippen molar-refractivity contribution in [3.8, 4) is 11.5 Å². The molecule has 24 heavy (non-hydrogen) atoms. The quantitative estimate of drug-likeness (QED) is 0.497. The minimum atomic E-state index is -0.392. The standard InChI is InChI=1S/C16H13Br2ClN2O3/c1-23-14-7-11(17)6-13(18)16(14)24-9-15(22)21-20-8-10-2-4-12(19)5-3-10/h2-8H,9H2,1H3,(H,21,22)/b20-8+. The summed E-state index contributed by atoms with van der Waals surface area (Å²) >= 11 is 12.5. The van der Waals surface area contributed by atoms with E-state index < -0.39 is 5.91 Å². The fraction of sp³-hybridized carbons (Fsp3) is 0.125. The number of nitrogens with zero attached hydrogens (tertiary/aromatic N) is 1. The predicted molar refractivity (Wildman–Crippen MR) is 101 cm³/mol. The van der Waals surface area contributed by atoms with Gasteiger partial charge in [-0.3, -0.25) is 4.79 Å². The molecule has 0 aliphatic rings. The minimum absolute atomic E-state index is 0.200. The van der Waals surface area contributed by atoms with E-state index in [1.807, 2.05) is 0 Å². The zero-order valence-electron chi connectivity index (χ0n) is 12.6. The van der Waals surface area contributed by atoms with Gasteiger partial charge >= 0.3 is 0 Å². The lowest BCUT2D eigenvalue weighted by Crippen LogP contribution is -2.24. The van der Waals surface area contributed by atoms with Crippen LogP contribution in [0.5, 0.6) is 11.5 Å². The summed E-state index contributed by atoms with van der Waals surface area (Å²) in [6.07, 6.45) is 1.52. The molecule has 0 atom stereocenters. The molecule has 0 aromatic heterocycles. The van der Waals surface area contributed by atoms with E-state index in [0.717, 1.165) is 10.0 Å². The number of carbonyl (C=O) groups excluding carboxylic acids is 1. The van der Waals surface area contributed by atoms with Crippen LogP contribution in [0.15, 0.2) is 50.4 Å². The zero-order valence-corrected chi connectivity index (χ0v) is 16.5. The Kier molecular flexibility index (Phi) is 7.08. The zero-order chi connectivity index (χ0) is 17.5. The van der Waals surface area contributed by atoms with Crippen LogP contribution in [0.4, 0.5) is 0 Å². The molecule has 5 nitrogen and oxygen atoms in total. The molecule has 0 spiro atoms. The number of hydrazone groups is 1. The molecule has 1 amide bonds. The first-order valence-electron chi connectivity index (χ1n) is 6.73. The maximum atomic E-state index is 11.8. The van der Waals surface area contributed by atoms with Gasteiger partial charge in [0.15, 0.2) is 18.1 Å². The lowest BCUT2D eigenvalue weighted by Gasteiger charge is -2.12. The summed E-state index contributed by atoms with van der Waals surface area (Å²) in [5, 5.41) is 4.50. The van der Waals surface area contributed by atoms with Crippen LogP contribution in [-0.2, 0) is 4.79 Å². The van der Waals surface area contributed by atoms with Crippen molar-refractivity contribution in [2.45, 2.75) is 0 Å². The molecule has 0 radical (unpaired) electrons. The molecule has 1 N–H and O–H groups in total. The van der Waals surface area contributed by atoms with Gasteiger partial charge in [0.2, 0.25) is 0 Å². The smallest absolute Gasteiger partial charge is 0.277 e. The van der Waals surface area contributed by atoms with Gasteiger partial charge in [-0.25, -0.2) is 5.43 Å². The predicted octanol–water partition coefficient (Wildman–Crippen LogP) is 4.40. The monoisotopic (exact) mass is 474 g/mol. The SMILES string of the molecule is COc1cc(Br)cc(Br)c1OCC(=O)N/N=C/c1ccc(Cl)cc1. The van der Waals surface area contributed by atoms with Gasteiger partial charge in [0.05, 0.1) is 17.8 Å². The van der Waals surface area contributed by atoms with Crippen LogP contribution >= 0.6 is 43.5 Å². The number of hydrogen-bond donors (Lipinski definition) is 1. The number of halogens is 3. The Morgan fingerprint density at radius 3 is 2.67 bits per heavy atom. The fourth-order valence-electron chi connectivity index (χ4n) is 1.73. The van der Waals surface area contributed by atoms with Gasteiger partial charge in [0, 0.05) is 9.50 Å². The molecule has 2 aromatic carbocycles. The van der Waals surface area contributed by atoms with Gasteiger partial charge in [0.1, 0.15) is 0 Å². The Balaban J connectivity index is 1.91. The summed E-state index contributed by atoms with van der Waals surface area (Å²) in [5.74, 6) is 0.559. The van der Waals surface area contributed by atoms with Gasteiger partial charge in [-0.05, 0) is 45.8 Å². The van der Waals surface area contributed by atoms with Crippen molar-refractivity contribution in [2.75, 3.05) is 13.7 Å². The summed E-state index contributed by atoms with van der Waals surface area (Å²) in [6.45, 7) is -0.200. The van der Waals surface area contributed by atoms with Crippen molar-refractivity contribution >= 4 is 55.6 Å². The lowest BCUT2D eigenvalue weighted by atomic mass is 10.2. The average molecular weight is 477 g/mol. The Bertz CT molecular complexity index is 752. The normalized spacial score (nSPS) is 10.7. The Morgan fingerprint density at radius 1 is 1.29 bits per heavy atom. The first-order valence-corrected chi connectivity index (χ1v) is 8.69. The second kappa shape index (κ2) is 9.05. The highest BCUT2D eigenvalue weighted by Crippen LogP contribution is 2.38. The van der Waals surface area contributed by atoms with Gasteiger partial charge in [-0.1, -0.05) is 39.7 Å². The van der Waals surface area contributed by atoms with E-state index in [2.05, 4.69) is 42.4 Å². The van der Waals surface area contributed by atoms with Crippen LogP contribution in [0.25, 0.3) is 0 Å². The number of methoxy groups -OCH3 is 1.